The Morgan fingerprint density at radius 2 is 1.70 bits per heavy atom. The van der Waals surface area contributed by atoms with Gasteiger partial charge in [-0.15, -0.1) is 0 Å². The highest BCUT2D eigenvalue weighted by atomic mass is 16.5. The molecule has 3 rings (SSSR count). The van der Waals surface area contributed by atoms with E-state index in [0.29, 0.717) is 45.8 Å². The van der Waals surface area contributed by atoms with Crippen LogP contribution in [0.25, 0.3) is 0 Å². The number of carbonyl (C=O) groups is 2. The number of nitrogens with zero attached hydrogens (tertiary/aromatic N) is 2. The van der Waals surface area contributed by atoms with Crippen LogP contribution in [0.5, 0.6) is 5.75 Å². The van der Waals surface area contributed by atoms with Crippen LogP contribution in [0.4, 0.5) is 5.69 Å². The van der Waals surface area contributed by atoms with Crippen molar-refractivity contribution in [2.24, 2.45) is 0 Å². The predicted molar refractivity (Wildman–Crippen MR) is 119 cm³/mol. The highest BCUT2D eigenvalue weighted by Crippen LogP contribution is 2.18. The number of benzene rings is 2. The SMILES string of the molecule is CCOc1ccc(CC(=O)N2CCN(CC(=O)Nc3cccc(C)c3C)CC2)cc1. The van der Waals surface area contributed by atoms with Crippen LogP contribution in [0.2, 0.25) is 0 Å². The van der Waals surface area contributed by atoms with Crippen molar-refractivity contribution in [1.29, 1.82) is 0 Å². The summed E-state index contributed by atoms with van der Waals surface area (Å²) in [5.41, 5.74) is 4.10. The Morgan fingerprint density at radius 3 is 2.37 bits per heavy atom. The number of nitrogens with one attached hydrogen (secondary N) is 1. The lowest BCUT2D eigenvalue weighted by molar-refractivity contribution is -0.132. The summed E-state index contributed by atoms with van der Waals surface area (Å²) in [6.45, 7) is 9.67. The fourth-order valence-corrected chi connectivity index (χ4v) is 3.59. The minimum atomic E-state index is -0.0159. The molecule has 0 aliphatic carbocycles. The third kappa shape index (κ3) is 5.83. The predicted octanol–water partition coefficient (Wildman–Crippen LogP) is 3.03. The summed E-state index contributed by atoms with van der Waals surface area (Å²) in [5, 5.41) is 3.01. The Balaban J connectivity index is 1.44. The van der Waals surface area contributed by atoms with Crippen LogP contribution in [-0.2, 0) is 16.0 Å². The molecule has 6 heteroatoms. The molecular weight excluding hydrogens is 378 g/mol. The zero-order valence-electron chi connectivity index (χ0n) is 18.1. The summed E-state index contributed by atoms with van der Waals surface area (Å²) in [6, 6.07) is 13.6. The number of ether oxygens (including phenoxy) is 1. The molecular formula is C24H31N3O3. The maximum atomic E-state index is 12.6. The van der Waals surface area contributed by atoms with E-state index in [1.165, 1.54) is 0 Å². The van der Waals surface area contributed by atoms with Gasteiger partial charge >= 0.3 is 0 Å². The van der Waals surface area contributed by atoms with E-state index in [1.54, 1.807) is 0 Å². The minimum Gasteiger partial charge on any atom is -0.494 e. The molecule has 2 aromatic rings. The normalized spacial score (nSPS) is 14.4. The van der Waals surface area contributed by atoms with Gasteiger partial charge in [0.1, 0.15) is 5.75 Å². The van der Waals surface area contributed by atoms with Crippen molar-refractivity contribution in [2.75, 3.05) is 44.6 Å². The van der Waals surface area contributed by atoms with Crippen LogP contribution in [0.1, 0.15) is 23.6 Å². The third-order valence-corrected chi connectivity index (χ3v) is 5.56. The largest absolute Gasteiger partial charge is 0.494 e. The number of aryl methyl sites for hydroxylation is 1. The number of carbonyl (C=O) groups excluding carboxylic acids is 2. The number of piperazine rings is 1. The molecule has 1 aliphatic heterocycles. The number of amides is 2. The second kappa shape index (κ2) is 10.3. The van der Waals surface area contributed by atoms with E-state index >= 15 is 0 Å². The lowest BCUT2D eigenvalue weighted by Gasteiger charge is -2.34. The Kier molecular flexibility index (Phi) is 7.46. The van der Waals surface area contributed by atoms with E-state index in [2.05, 4.69) is 10.2 Å². The van der Waals surface area contributed by atoms with Crippen molar-refractivity contribution < 1.29 is 14.3 Å². The maximum Gasteiger partial charge on any atom is 0.238 e. The molecule has 1 heterocycles. The second-order valence-electron chi connectivity index (χ2n) is 7.71. The zero-order chi connectivity index (χ0) is 21.5. The molecule has 6 nitrogen and oxygen atoms in total. The number of hydrogen-bond acceptors (Lipinski definition) is 4. The van der Waals surface area contributed by atoms with Crippen molar-refractivity contribution in [1.82, 2.24) is 9.80 Å². The average molecular weight is 410 g/mol. The van der Waals surface area contributed by atoms with Crippen LogP contribution < -0.4 is 10.1 Å². The Morgan fingerprint density at radius 1 is 1.00 bits per heavy atom. The summed E-state index contributed by atoms with van der Waals surface area (Å²) in [4.78, 5) is 29.0. The molecule has 0 atom stereocenters. The molecule has 0 spiro atoms. The second-order valence-corrected chi connectivity index (χ2v) is 7.71. The molecule has 1 N–H and O–H groups in total. The van der Waals surface area contributed by atoms with Crippen molar-refractivity contribution in [3.05, 3.63) is 59.2 Å². The minimum absolute atomic E-state index is 0.0159. The van der Waals surface area contributed by atoms with Gasteiger partial charge in [-0.25, -0.2) is 0 Å². The van der Waals surface area contributed by atoms with E-state index < -0.39 is 0 Å². The maximum absolute atomic E-state index is 12.6. The van der Waals surface area contributed by atoms with Crippen molar-refractivity contribution in [3.8, 4) is 5.75 Å². The number of hydrogen-bond donors (Lipinski definition) is 1. The summed E-state index contributed by atoms with van der Waals surface area (Å²) in [6.07, 6.45) is 0.388. The fraction of sp³-hybridized carbons (Fsp3) is 0.417. The first kappa shape index (κ1) is 21.8. The zero-order valence-corrected chi connectivity index (χ0v) is 18.1. The summed E-state index contributed by atoms with van der Waals surface area (Å²) >= 11 is 0. The molecule has 2 aromatic carbocycles. The molecule has 1 saturated heterocycles. The molecule has 0 saturated carbocycles. The summed E-state index contributed by atoms with van der Waals surface area (Å²) in [7, 11) is 0. The summed E-state index contributed by atoms with van der Waals surface area (Å²) in [5.74, 6) is 0.929. The van der Waals surface area contributed by atoms with Gasteiger partial charge in [-0.1, -0.05) is 24.3 Å². The Hall–Kier alpha value is -2.86. The molecule has 1 aliphatic rings. The Bertz CT molecular complexity index is 872. The lowest BCUT2D eigenvalue weighted by Crippen LogP contribution is -2.50. The van der Waals surface area contributed by atoms with Gasteiger partial charge in [-0.2, -0.15) is 0 Å². The van der Waals surface area contributed by atoms with E-state index in [4.69, 9.17) is 4.74 Å². The standard InChI is InChI=1S/C24H31N3O3/c1-4-30-21-10-8-20(9-11-21)16-24(29)27-14-12-26(13-15-27)17-23(28)25-22-7-5-6-18(2)19(22)3/h5-11H,4,12-17H2,1-3H3,(H,25,28). The Labute approximate surface area is 178 Å². The van der Waals surface area contributed by atoms with E-state index in [1.807, 2.05) is 68.1 Å². The molecule has 0 bridgehead atoms. The van der Waals surface area contributed by atoms with Gasteiger partial charge in [0.05, 0.1) is 19.6 Å². The van der Waals surface area contributed by atoms with Crippen LogP contribution in [0.3, 0.4) is 0 Å². The number of rotatable bonds is 7. The van der Waals surface area contributed by atoms with Crippen LogP contribution >= 0.6 is 0 Å². The molecule has 160 valence electrons. The van der Waals surface area contributed by atoms with Crippen LogP contribution in [0, 0.1) is 13.8 Å². The molecule has 0 aromatic heterocycles. The van der Waals surface area contributed by atoms with Crippen molar-refractivity contribution in [3.63, 3.8) is 0 Å². The number of anilines is 1. The topological polar surface area (TPSA) is 61.9 Å². The van der Waals surface area contributed by atoms with E-state index in [0.717, 1.165) is 28.1 Å². The highest BCUT2D eigenvalue weighted by Gasteiger charge is 2.22. The molecule has 0 radical (unpaired) electrons. The molecule has 2 amide bonds. The van der Waals surface area contributed by atoms with Gasteiger partial charge in [0.25, 0.3) is 0 Å². The van der Waals surface area contributed by atoms with Gasteiger partial charge in [-0.05, 0) is 55.7 Å². The van der Waals surface area contributed by atoms with Crippen LogP contribution in [-0.4, -0.2) is 60.9 Å². The molecule has 1 fully saturated rings. The third-order valence-electron chi connectivity index (χ3n) is 5.56. The summed E-state index contributed by atoms with van der Waals surface area (Å²) < 4.78 is 5.44. The molecule has 30 heavy (non-hydrogen) atoms. The first-order valence-corrected chi connectivity index (χ1v) is 10.5. The quantitative estimate of drug-likeness (QED) is 0.764. The van der Waals surface area contributed by atoms with E-state index in [-0.39, 0.29) is 11.8 Å². The smallest absolute Gasteiger partial charge is 0.238 e. The van der Waals surface area contributed by atoms with Crippen LogP contribution in [0.15, 0.2) is 42.5 Å². The van der Waals surface area contributed by atoms with Gasteiger partial charge in [0, 0.05) is 31.9 Å². The highest BCUT2D eigenvalue weighted by molar-refractivity contribution is 5.93. The lowest BCUT2D eigenvalue weighted by atomic mass is 10.1. The van der Waals surface area contributed by atoms with Gasteiger partial charge in [-0.3, -0.25) is 14.5 Å². The van der Waals surface area contributed by atoms with Gasteiger partial charge in [0.15, 0.2) is 0 Å². The van der Waals surface area contributed by atoms with Gasteiger partial charge < -0.3 is 15.0 Å². The first-order chi connectivity index (χ1) is 14.5. The van der Waals surface area contributed by atoms with Crippen molar-refractivity contribution >= 4 is 17.5 Å². The fourth-order valence-electron chi connectivity index (χ4n) is 3.59. The molecule has 0 unspecified atom stereocenters. The average Bonchev–Trinajstić information content (AvgIpc) is 2.73. The van der Waals surface area contributed by atoms with E-state index in [9.17, 15) is 9.59 Å². The monoisotopic (exact) mass is 409 g/mol. The van der Waals surface area contributed by atoms with Gasteiger partial charge in [0.2, 0.25) is 11.8 Å². The first-order valence-electron chi connectivity index (χ1n) is 10.5. The van der Waals surface area contributed by atoms with Crippen molar-refractivity contribution in [2.45, 2.75) is 27.2 Å².